The molecule has 0 unspecified atom stereocenters. The number of methoxy groups -OCH3 is 2. The number of anilines is 2. The van der Waals surface area contributed by atoms with Gasteiger partial charge in [-0.15, -0.1) is 5.10 Å². The van der Waals surface area contributed by atoms with Gasteiger partial charge in [0.15, 0.2) is 23.0 Å². The monoisotopic (exact) mass is 400 g/mol. The summed E-state index contributed by atoms with van der Waals surface area (Å²) >= 11 is 0. The summed E-state index contributed by atoms with van der Waals surface area (Å²) in [5, 5.41) is 12.8. The summed E-state index contributed by atoms with van der Waals surface area (Å²) in [5.74, 6) is 0.641. The molecule has 3 aromatic rings. The minimum Gasteiger partial charge on any atom is -0.493 e. The van der Waals surface area contributed by atoms with Gasteiger partial charge in [0.1, 0.15) is 12.3 Å². The first-order valence-corrected chi connectivity index (χ1v) is 8.53. The highest BCUT2D eigenvalue weighted by molar-refractivity contribution is 5.96. The lowest BCUT2D eigenvalue weighted by Crippen LogP contribution is -2.25. The molecule has 0 radical (unpaired) electrons. The molecule has 152 valence electrons. The van der Waals surface area contributed by atoms with Crippen LogP contribution in [0.1, 0.15) is 16.2 Å². The van der Waals surface area contributed by atoms with Gasteiger partial charge in [0.2, 0.25) is 5.91 Å². The number of carbonyl (C=O) groups excluding carboxylic acids is 2. The molecule has 2 aromatic heterocycles. The zero-order chi connectivity index (χ0) is 20.8. The van der Waals surface area contributed by atoms with Crippen LogP contribution in [-0.4, -0.2) is 41.0 Å². The predicted octanol–water partition coefficient (Wildman–Crippen LogP) is 1.04. The van der Waals surface area contributed by atoms with Crippen LogP contribution in [0.25, 0.3) is 0 Å². The van der Waals surface area contributed by atoms with Gasteiger partial charge >= 0.3 is 0 Å². The van der Waals surface area contributed by atoms with E-state index in [-0.39, 0.29) is 24.6 Å². The highest BCUT2D eigenvalue weighted by Gasteiger charge is 2.19. The number of ether oxygens (including phenoxy) is 2. The molecule has 0 atom stereocenters. The molecule has 4 N–H and O–H groups in total. The second kappa shape index (κ2) is 8.78. The highest BCUT2D eigenvalue weighted by Crippen LogP contribution is 2.29. The number of benzene rings is 1. The van der Waals surface area contributed by atoms with E-state index in [1.807, 2.05) is 0 Å². The van der Waals surface area contributed by atoms with Gasteiger partial charge in [0.05, 0.1) is 27.0 Å². The third-order valence-corrected chi connectivity index (χ3v) is 3.95. The number of aromatic nitrogens is 3. The predicted molar refractivity (Wildman–Crippen MR) is 102 cm³/mol. The number of nitrogens with zero attached hydrogens (tertiary/aromatic N) is 3. The fourth-order valence-electron chi connectivity index (χ4n) is 2.51. The number of rotatable bonds is 8. The van der Waals surface area contributed by atoms with E-state index >= 15 is 0 Å². The maximum Gasteiger partial charge on any atom is 0.276 e. The molecule has 2 heterocycles. The average molecular weight is 400 g/mol. The number of nitrogens with two attached hydrogens (primary N) is 1. The number of furan rings is 1. The van der Waals surface area contributed by atoms with Gasteiger partial charge in [0.25, 0.3) is 5.91 Å². The molecule has 0 fully saturated rings. The van der Waals surface area contributed by atoms with Crippen molar-refractivity contribution in [2.75, 3.05) is 25.3 Å². The number of carbonyl (C=O) groups is 2. The Kier molecular flexibility index (Phi) is 5.97. The summed E-state index contributed by atoms with van der Waals surface area (Å²) in [6, 6.07) is 8.38. The fourth-order valence-corrected chi connectivity index (χ4v) is 2.51. The number of nitrogen functional groups attached to an aromatic ring is 1. The van der Waals surface area contributed by atoms with Gasteiger partial charge in [0, 0.05) is 11.8 Å². The number of hydrogen-bond acceptors (Lipinski definition) is 8. The first kappa shape index (κ1) is 19.7. The highest BCUT2D eigenvalue weighted by atomic mass is 16.5. The van der Waals surface area contributed by atoms with Crippen molar-refractivity contribution in [2.24, 2.45) is 0 Å². The van der Waals surface area contributed by atoms with E-state index in [0.717, 1.165) is 4.68 Å². The van der Waals surface area contributed by atoms with Gasteiger partial charge in [-0.1, -0.05) is 5.21 Å². The Morgan fingerprint density at radius 3 is 2.69 bits per heavy atom. The molecule has 2 amide bonds. The van der Waals surface area contributed by atoms with Crippen molar-refractivity contribution < 1.29 is 23.5 Å². The van der Waals surface area contributed by atoms with E-state index < -0.39 is 11.8 Å². The smallest absolute Gasteiger partial charge is 0.276 e. The van der Waals surface area contributed by atoms with E-state index in [1.165, 1.54) is 20.5 Å². The van der Waals surface area contributed by atoms with Crippen LogP contribution in [0.15, 0.2) is 41.0 Å². The molecule has 29 heavy (non-hydrogen) atoms. The zero-order valence-corrected chi connectivity index (χ0v) is 15.8. The molecule has 1 aromatic carbocycles. The Morgan fingerprint density at radius 2 is 2.00 bits per heavy atom. The third kappa shape index (κ3) is 4.64. The Morgan fingerprint density at radius 1 is 1.21 bits per heavy atom. The van der Waals surface area contributed by atoms with Gasteiger partial charge in [-0.25, -0.2) is 4.68 Å². The second-order valence-corrected chi connectivity index (χ2v) is 5.86. The van der Waals surface area contributed by atoms with Gasteiger partial charge in [-0.05, 0) is 24.3 Å². The molecule has 0 spiro atoms. The largest absolute Gasteiger partial charge is 0.493 e. The van der Waals surface area contributed by atoms with E-state index in [1.54, 1.807) is 30.3 Å². The Balaban J connectivity index is 1.61. The number of nitrogens with one attached hydrogen (secondary N) is 2. The molecule has 3 rings (SSSR count). The molecule has 0 aliphatic carbocycles. The minimum atomic E-state index is -0.523. The fraction of sp³-hybridized carbons (Fsp3) is 0.222. The van der Waals surface area contributed by atoms with Gasteiger partial charge in [-0.3, -0.25) is 9.59 Å². The van der Waals surface area contributed by atoms with Crippen molar-refractivity contribution in [1.29, 1.82) is 0 Å². The molecular weight excluding hydrogens is 380 g/mol. The molecule has 11 heteroatoms. The summed E-state index contributed by atoms with van der Waals surface area (Å²) in [6.45, 7) is -0.0451. The first-order valence-electron chi connectivity index (χ1n) is 8.53. The molecule has 0 saturated heterocycles. The Hall–Kier alpha value is -4.02. The molecule has 11 nitrogen and oxygen atoms in total. The normalized spacial score (nSPS) is 10.4. The van der Waals surface area contributed by atoms with Crippen molar-refractivity contribution in [3.8, 4) is 11.5 Å². The molecule has 0 saturated carbocycles. The summed E-state index contributed by atoms with van der Waals surface area (Å²) in [4.78, 5) is 24.5. The van der Waals surface area contributed by atoms with E-state index in [2.05, 4.69) is 20.9 Å². The molecular formula is C18H20N6O5. The molecule has 0 bridgehead atoms. The topological polar surface area (TPSA) is 147 Å². The van der Waals surface area contributed by atoms with Crippen LogP contribution in [0, 0.1) is 0 Å². The summed E-state index contributed by atoms with van der Waals surface area (Å²) in [7, 11) is 3.02. The summed E-state index contributed by atoms with van der Waals surface area (Å²) < 4.78 is 16.6. The lowest BCUT2D eigenvalue weighted by atomic mass is 10.2. The van der Waals surface area contributed by atoms with Gasteiger partial charge in [-0.2, -0.15) is 0 Å². The Bertz CT molecular complexity index is 998. The molecule has 0 aliphatic heterocycles. The average Bonchev–Trinajstić information content (AvgIpc) is 3.36. The van der Waals surface area contributed by atoms with E-state index in [9.17, 15) is 9.59 Å². The van der Waals surface area contributed by atoms with Gasteiger partial charge < -0.3 is 30.3 Å². The van der Waals surface area contributed by atoms with Crippen molar-refractivity contribution >= 4 is 23.3 Å². The number of amides is 2. The third-order valence-electron chi connectivity index (χ3n) is 3.95. The van der Waals surface area contributed by atoms with Crippen LogP contribution in [0.5, 0.6) is 11.5 Å². The van der Waals surface area contributed by atoms with Crippen LogP contribution < -0.4 is 25.8 Å². The quantitative estimate of drug-likeness (QED) is 0.508. The van der Waals surface area contributed by atoms with Crippen LogP contribution in [0.2, 0.25) is 0 Å². The molecule has 0 aliphatic rings. The zero-order valence-electron chi connectivity index (χ0n) is 15.8. The lowest BCUT2D eigenvalue weighted by Gasteiger charge is -2.10. The van der Waals surface area contributed by atoms with Crippen molar-refractivity contribution in [3.05, 3.63) is 48.0 Å². The maximum atomic E-state index is 12.3. The Labute approximate surface area is 165 Å². The van der Waals surface area contributed by atoms with Crippen molar-refractivity contribution in [2.45, 2.75) is 13.1 Å². The van der Waals surface area contributed by atoms with Crippen LogP contribution in [0.3, 0.4) is 0 Å². The number of hydrogen-bond donors (Lipinski definition) is 3. The SMILES string of the molecule is COc1ccc(NC(=O)Cn2nnc(C(=O)NCc3ccco3)c2N)cc1OC. The standard InChI is InChI=1S/C18H20N6O5/c1-27-13-6-5-11(8-14(13)28-2)21-15(25)10-24-17(19)16(22-23-24)18(26)20-9-12-4-3-7-29-12/h3-8H,9-10,19H2,1-2H3,(H,20,26)(H,21,25). The first-order chi connectivity index (χ1) is 14.0. The summed E-state index contributed by atoms with van der Waals surface area (Å²) in [5.41, 5.74) is 6.34. The maximum absolute atomic E-state index is 12.3. The second-order valence-electron chi connectivity index (χ2n) is 5.86. The van der Waals surface area contributed by atoms with Crippen molar-refractivity contribution in [1.82, 2.24) is 20.3 Å². The summed E-state index contributed by atoms with van der Waals surface area (Å²) in [6.07, 6.45) is 1.50. The van der Waals surface area contributed by atoms with E-state index in [4.69, 9.17) is 19.6 Å². The van der Waals surface area contributed by atoms with Crippen LogP contribution >= 0.6 is 0 Å². The van der Waals surface area contributed by atoms with Crippen LogP contribution in [0.4, 0.5) is 11.5 Å². The lowest BCUT2D eigenvalue weighted by molar-refractivity contribution is -0.116. The minimum absolute atomic E-state index is 0.0237. The van der Waals surface area contributed by atoms with Crippen molar-refractivity contribution in [3.63, 3.8) is 0 Å². The van der Waals surface area contributed by atoms with Crippen LogP contribution in [-0.2, 0) is 17.9 Å². The van der Waals surface area contributed by atoms with E-state index in [0.29, 0.717) is 22.9 Å².